The Morgan fingerprint density at radius 2 is 2.27 bits per heavy atom. The summed E-state index contributed by atoms with van der Waals surface area (Å²) in [6.07, 6.45) is -0.312. The van der Waals surface area contributed by atoms with E-state index in [9.17, 15) is 4.79 Å². The van der Waals surface area contributed by atoms with E-state index in [0.29, 0.717) is 6.61 Å². The van der Waals surface area contributed by atoms with Crippen LogP contribution in [0.25, 0.3) is 0 Å². The summed E-state index contributed by atoms with van der Waals surface area (Å²) >= 11 is 0. The molecule has 0 bridgehead atoms. The summed E-state index contributed by atoms with van der Waals surface area (Å²) < 4.78 is 4.63. The number of hydrogen-bond acceptors (Lipinski definition) is 4. The monoisotopic (exact) mass is 161 g/mol. The third-order valence-electron chi connectivity index (χ3n) is 1.18. The molecule has 0 amide bonds. The molecular formula is C7H15NO3. The molecule has 0 saturated carbocycles. The van der Waals surface area contributed by atoms with Gasteiger partial charge in [0.25, 0.3) is 0 Å². The molecule has 4 heteroatoms. The van der Waals surface area contributed by atoms with Crippen LogP contribution in [0.2, 0.25) is 0 Å². The molecule has 0 heterocycles. The van der Waals surface area contributed by atoms with Gasteiger partial charge in [0.1, 0.15) is 6.04 Å². The predicted molar refractivity (Wildman–Crippen MR) is 40.9 cm³/mol. The van der Waals surface area contributed by atoms with E-state index < -0.39 is 18.1 Å². The number of carbonyl (C=O) groups is 1. The maximum Gasteiger partial charge on any atom is 0.322 e. The molecule has 0 spiro atoms. The van der Waals surface area contributed by atoms with Crippen molar-refractivity contribution >= 4 is 5.97 Å². The fourth-order valence-electron chi connectivity index (χ4n) is 0.713. The first kappa shape index (κ1) is 10.4. The fourth-order valence-corrected chi connectivity index (χ4v) is 0.713. The third kappa shape index (κ3) is 4.75. The quantitative estimate of drug-likeness (QED) is 0.553. The van der Waals surface area contributed by atoms with Crippen molar-refractivity contribution in [1.29, 1.82) is 0 Å². The zero-order valence-electron chi connectivity index (χ0n) is 6.91. The van der Waals surface area contributed by atoms with E-state index in [2.05, 4.69) is 4.74 Å². The zero-order valence-corrected chi connectivity index (χ0v) is 6.91. The van der Waals surface area contributed by atoms with Gasteiger partial charge in [0.05, 0.1) is 12.7 Å². The minimum atomic E-state index is -0.699. The minimum Gasteiger partial charge on any atom is -0.465 e. The summed E-state index contributed by atoms with van der Waals surface area (Å²) in [5.41, 5.74) is 5.37. The Hall–Kier alpha value is -0.610. The molecule has 11 heavy (non-hydrogen) atoms. The van der Waals surface area contributed by atoms with Gasteiger partial charge < -0.3 is 15.6 Å². The maximum atomic E-state index is 10.8. The highest BCUT2D eigenvalue weighted by Gasteiger charge is 2.15. The first-order valence-electron chi connectivity index (χ1n) is 3.68. The molecule has 0 aliphatic carbocycles. The molecule has 0 aromatic carbocycles. The van der Waals surface area contributed by atoms with Crippen molar-refractivity contribution in [1.82, 2.24) is 0 Å². The Balaban J connectivity index is 3.64. The van der Waals surface area contributed by atoms with Crippen LogP contribution in [0.4, 0.5) is 0 Å². The van der Waals surface area contributed by atoms with Gasteiger partial charge in [-0.25, -0.2) is 0 Å². The summed E-state index contributed by atoms with van der Waals surface area (Å²) in [6, 6.07) is -0.699. The molecule has 0 aromatic rings. The topological polar surface area (TPSA) is 72.5 Å². The lowest BCUT2D eigenvalue weighted by Crippen LogP contribution is -2.35. The van der Waals surface area contributed by atoms with Gasteiger partial charge in [-0.1, -0.05) is 0 Å². The van der Waals surface area contributed by atoms with Gasteiger partial charge in [-0.2, -0.15) is 0 Å². The number of hydrogen-bond donors (Lipinski definition) is 2. The zero-order chi connectivity index (χ0) is 8.85. The average Bonchev–Trinajstić information content (AvgIpc) is 1.86. The highest BCUT2D eigenvalue weighted by molar-refractivity contribution is 5.75. The van der Waals surface area contributed by atoms with E-state index in [4.69, 9.17) is 10.8 Å². The van der Waals surface area contributed by atoms with Crippen molar-refractivity contribution in [2.24, 2.45) is 5.73 Å². The van der Waals surface area contributed by atoms with E-state index >= 15 is 0 Å². The first-order valence-corrected chi connectivity index (χ1v) is 3.68. The van der Waals surface area contributed by atoms with E-state index in [-0.39, 0.29) is 6.42 Å². The average molecular weight is 161 g/mol. The molecular weight excluding hydrogens is 146 g/mol. The number of ether oxygens (including phenoxy) is 1. The molecule has 0 aliphatic rings. The molecule has 0 aliphatic heterocycles. The lowest BCUT2D eigenvalue weighted by Gasteiger charge is -2.11. The van der Waals surface area contributed by atoms with Crippen molar-refractivity contribution in [2.45, 2.75) is 32.4 Å². The van der Waals surface area contributed by atoms with Crippen molar-refractivity contribution in [2.75, 3.05) is 6.61 Å². The van der Waals surface area contributed by atoms with Gasteiger partial charge >= 0.3 is 5.97 Å². The molecule has 0 fully saturated rings. The van der Waals surface area contributed by atoms with E-state index in [1.807, 2.05) is 0 Å². The van der Waals surface area contributed by atoms with Gasteiger partial charge in [-0.15, -0.1) is 0 Å². The Morgan fingerprint density at radius 1 is 1.73 bits per heavy atom. The minimum absolute atomic E-state index is 0.249. The number of rotatable bonds is 4. The van der Waals surface area contributed by atoms with Crippen molar-refractivity contribution in [3.63, 3.8) is 0 Å². The van der Waals surface area contributed by atoms with E-state index in [1.54, 1.807) is 13.8 Å². The molecule has 0 saturated heterocycles. The lowest BCUT2D eigenvalue weighted by molar-refractivity contribution is -0.145. The summed E-state index contributed by atoms with van der Waals surface area (Å²) in [5.74, 6) is -0.451. The Kier molecular flexibility index (Phi) is 4.81. The van der Waals surface area contributed by atoms with Gasteiger partial charge in [-0.3, -0.25) is 4.79 Å². The number of nitrogens with two attached hydrogens (primary N) is 1. The predicted octanol–water partition coefficient (Wildman–Crippen LogP) is -0.352. The van der Waals surface area contributed by atoms with Crippen LogP contribution >= 0.6 is 0 Å². The van der Waals surface area contributed by atoms with Gasteiger partial charge in [0.15, 0.2) is 0 Å². The van der Waals surface area contributed by atoms with Crippen molar-refractivity contribution < 1.29 is 14.6 Å². The summed E-state index contributed by atoms with van der Waals surface area (Å²) in [4.78, 5) is 10.8. The molecule has 0 radical (unpaired) electrons. The Morgan fingerprint density at radius 3 is 2.64 bits per heavy atom. The van der Waals surface area contributed by atoms with Gasteiger partial charge in [0, 0.05) is 0 Å². The van der Waals surface area contributed by atoms with Crippen LogP contribution in [-0.4, -0.2) is 29.8 Å². The smallest absolute Gasteiger partial charge is 0.322 e. The summed E-state index contributed by atoms with van der Waals surface area (Å²) in [5, 5.41) is 8.85. The summed E-state index contributed by atoms with van der Waals surface area (Å²) in [7, 11) is 0. The highest BCUT2D eigenvalue weighted by Crippen LogP contribution is 1.96. The Bertz CT molecular complexity index is 125. The van der Waals surface area contributed by atoms with Gasteiger partial charge in [-0.05, 0) is 20.3 Å². The molecule has 66 valence electrons. The fraction of sp³-hybridized carbons (Fsp3) is 0.857. The molecule has 0 rings (SSSR count). The normalized spacial score (nSPS) is 15.6. The SMILES string of the molecule is CCOC(=O)C(N)CC(C)O. The van der Waals surface area contributed by atoms with Crippen LogP contribution in [0.3, 0.4) is 0 Å². The molecule has 4 nitrogen and oxygen atoms in total. The van der Waals surface area contributed by atoms with Crippen LogP contribution in [0, 0.1) is 0 Å². The largest absolute Gasteiger partial charge is 0.465 e. The third-order valence-corrected chi connectivity index (χ3v) is 1.18. The van der Waals surface area contributed by atoms with Crippen LogP contribution < -0.4 is 5.73 Å². The second-order valence-corrected chi connectivity index (χ2v) is 2.44. The van der Waals surface area contributed by atoms with Crippen LogP contribution in [0.1, 0.15) is 20.3 Å². The lowest BCUT2D eigenvalue weighted by atomic mass is 10.1. The second-order valence-electron chi connectivity index (χ2n) is 2.44. The number of aliphatic hydroxyl groups is 1. The second kappa shape index (κ2) is 5.09. The number of aliphatic hydroxyl groups excluding tert-OH is 1. The molecule has 0 aromatic heterocycles. The van der Waals surface area contributed by atoms with Gasteiger partial charge in [0.2, 0.25) is 0 Å². The summed E-state index contributed by atoms with van der Waals surface area (Å²) in [6.45, 7) is 3.62. The molecule has 3 N–H and O–H groups in total. The standard InChI is InChI=1S/C7H15NO3/c1-3-11-7(10)6(8)4-5(2)9/h5-6,9H,3-4,8H2,1-2H3. The van der Waals surface area contributed by atoms with Crippen LogP contribution in [0.5, 0.6) is 0 Å². The molecule has 2 unspecified atom stereocenters. The number of carbonyl (C=O) groups excluding carboxylic acids is 1. The highest BCUT2D eigenvalue weighted by atomic mass is 16.5. The van der Waals surface area contributed by atoms with Crippen molar-refractivity contribution in [3.8, 4) is 0 Å². The maximum absolute atomic E-state index is 10.8. The number of esters is 1. The Labute approximate surface area is 66.3 Å². The molecule has 2 atom stereocenters. The van der Waals surface area contributed by atoms with Crippen LogP contribution in [-0.2, 0) is 9.53 Å². The van der Waals surface area contributed by atoms with Crippen LogP contribution in [0.15, 0.2) is 0 Å². The van der Waals surface area contributed by atoms with E-state index in [0.717, 1.165) is 0 Å². The van der Waals surface area contributed by atoms with Crippen molar-refractivity contribution in [3.05, 3.63) is 0 Å². The first-order chi connectivity index (χ1) is 5.07. The van der Waals surface area contributed by atoms with E-state index in [1.165, 1.54) is 0 Å².